The standard InChI is InChI=1S/C28H17Cl4N3O3S/c1-14-17(27-33-22-13-15(29)12-20(31)26(22)38-27)4-3-7-21(14)34-28(39)35-24(36)11-9-16-8-10-23(37-16)18-5-2-6-19(30)25(18)32/h2-13H,1H3,(H2,34,35,36,39)/b11-9+. The van der Waals surface area contributed by atoms with E-state index >= 15 is 0 Å². The maximum atomic E-state index is 12.5. The van der Waals surface area contributed by atoms with Gasteiger partial charge in [0.25, 0.3) is 0 Å². The fourth-order valence-corrected chi connectivity index (χ4v) is 4.95. The van der Waals surface area contributed by atoms with Crippen molar-refractivity contribution < 1.29 is 13.6 Å². The summed E-state index contributed by atoms with van der Waals surface area (Å²) in [5.74, 6) is 0.924. The lowest BCUT2D eigenvalue weighted by atomic mass is 10.1. The van der Waals surface area contributed by atoms with Crippen LogP contribution >= 0.6 is 58.6 Å². The molecule has 5 rings (SSSR count). The number of rotatable bonds is 5. The van der Waals surface area contributed by atoms with E-state index in [1.54, 1.807) is 42.5 Å². The largest absolute Gasteiger partial charge is 0.457 e. The summed E-state index contributed by atoms with van der Waals surface area (Å²) in [4.78, 5) is 17.0. The fourth-order valence-electron chi connectivity index (χ4n) is 3.82. The molecule has 5 aromatic rings. The van der Waals surface area contributed by atoms with E-state index in [4.69, 9.17) is 67.5 Å². The molecule has 0 bridgehead atoms. The van der Waals surface area contributed by atoms with Crippen LogP contribution in [0, 0.1) is 6.92 Å². The number of carbonyl (C=O) groups excluding carboxylic acids is 1. The van der Waals surface area contributed by atoms with Crippen molar-refractivity contribution in [2.45, 2.75) is 6.92 Å². The monoisotopic (exact) mass is 615 g/mol. The molecular formula is C28H17Cl4N3O3S. The predicted molar refractivity (Wildman–Crippen MR) is 162 cm³/mol. The van der Waals surface area contributed by atoms with E-state index in [0.717, 1.165) is 11.1 Å². The molecule has 1 amide bonds. The van der Waals surface area contributed by atoms with Gasteiger partial charge in [0, 0.05) is 27.9 Å². The number of thiocarbonyl (C=S) groups is 1. The molecule has 0 unspecified atom stereocenters. The van der Waals surface area contributed by atoms with Crippen molar-refractivity contribution in [3.05, 3.63) is 98.2 Å². The number of carbonyl (C=O) groups is 1. The third kappa shape index (κ3) is 5.98. The Labute approximate surface area is 248 Å². The van der Waals surface area contributed by atoms with Gasteiger partial charge in [-0.2, -0.15) is 0 Å². The Hall–Kier alpha value is -3.33. The molecule has 0 fully saturated rings. The van der Waals surface area contributed by atoms with Crippen LogP contribution in [-0.2, 0) is 4.79 Å². The van der Waals surface area contributed by atoms with Gasteiger partial charge >= 0.3 is 0 Å². The summed E-state index contributed by atoms with van der Waals surface area (Å²) >= 11 is 30.0. The van der Waals surface area contributed by atoms with Crippen LogP contribution in [0.2, 0.25) is 20.1 Å². The Morgan fingerprint density at radius 3 is 2.54 bits per heavy atom. The number of nitrogens with one attached hydrogen (secondary N) is 2. The zero-order valence-corrected chi connectivity index (χ0v) is 23.9. The van der Waals surface area contributed by atoms with Crippen molar-refractivity contribution in [2.75, 3.05) is 5.32 Å². The van der Waals surface area contributed by atoms with E-state index in [1.807, 2.05) is 25.1 Å². The summed E-state index contributed by atoms with van der Waals surface area (Å²) in [5.41, 5.74) is 3.85. The first-order valence-corrected chi connectivity index (χ1v) is 13.3. The number of hydrogen-bond acceptors (Lipinski definition) is 5. The smallest absolute Gasteiger partial charge is 0.250 e. The third-order valence-corrected chi connectivity index (χ3v) is 7.22. The Morgan fingerprint density at radius 1 is 0.949 bits per heavy atom. The van der Waals surface area contributed by atoms with Gasteiger partial charge in [0.1, 0.15) is 17.0 Å². The number of furan rings is 1. The van der Waals surface area contributed by atoms with Crippen molar-refractivity contribution >= 4 is 92.5 Å². The zero-order valence-electron chi connectivity index (χ0n) is 20.0. The highest BCUT2D eigenvalue weighted by molar-refractivity contribution is 7.80. The van der Waals surface area contributed by atoms with Gasteiger partial charge in [-0.25, -0.2) is 4.98 Å². The molecule has 2 aromatic heterocycles. The second-order valence-electron chi connectivity index (χ2n) is 8.31. The Morgan fingerprint density at radius 2 is 1.72 bits per heavy atom. The molecular weight excluding hydrogens is 600 g/mol. The maximum Gasteiger partial charge on any atom is 0.250 e. The van der Waals surface area contributed by atoms with Gasteiger partial charge in [-0.1, -0.05) is 58.5 Å². The average molecular weight is 617 g/mol. The molecule has 0 aliphatic carbocycles. The van der Waals surface area contributed by atoms with E-state index in [2.05, 4.69) is 15.6 Å². The highest BCUT2D eigenvalue weighted by atomic mass is 35.5. The Balaban J connectivity index is 1.26. The average Bonchev–Trinajstić information content (AvgIpc) is 3.53. The molecule has 0 saturated heterocycles. The summed E-state index contributed by atoms with van der Waals surface area (Å²) < 4.78 is 11.7. The van der Waals surface area contributed by atoms with Crippen LogP contribution in [0.5, 0.6) is 0 Å². The quantitative estimate of drug-likeness (QED) is 0.151. The first-order chi connectivity index (χ1) is 18.7. The van der Waals surface area contributed by atoms with Crippen LogP contribution in [0.4, 0.5) is 5.69 Å². The highest BCUT2D eigenvalue weighted by Gasteiger charge is 2.16. The van der Waals surface area contributed by atoms with Gasteiger partial charge in [0.2, 0.25) is 11.8 Å². The molecule has 0 aliphatic rings. The van der Waals surface area contributed by atoms with Crippen LogP contribution in [0.1, 0.15) is 11.3 Å². The minimum Gasteiger partial charge on any atom is -0.457 e. The van der Waals surface area contributed by atoms with Crippen molar-refractivity contribution in [1.29, 1.82) is 0 Å². The first kappa shape index (κ1) is 27.2. The van der Waals surface area contributed by atoms with Crippen LogP contribution < -0.4 is 10.6 Å². The highest BCUT2D eigenvalue weighted by Crippen LogP contribution is 2.35. The molecule has 2 heterocycles. The number of anilines is 1. The topological polar surface area (TPSA) is 80.3 Å². The van der Waals surface area contributed by atoms with E-state index < -0.39 is 5.91 Å². The molecule has 0 aliphatic heterocycles. The number of oxazole rings is 1. The SMILES string of the molecule is Cc1c(NC(=S)NC(=O)/C=C/c2ccc(-c3cccc(Cl)c3Cl)o2)cccc1-c1nc2cc(Cl)cc(Cl)c2o1. The van der Waals surface area contributed by atoms with Crippen molar-refractivity contribution in [2.24, 2.45) is 0 Å². The lowest BCUT2D eigenvalue weighted by molar-refractivity contribution is -0.115. The summed E-state index contributed by atoms with van der Waals surface area (Å²) in [7, 11) is 0. The van der Waals surface area contributed by atoms with Gasteiger partial charge in [0.05, 0.1) is 15.1 Å². The lowest BCUT2D eigenvalue weighted by Gasteiger charge is -2.12. The minimum atomic E-state index is -0.439. The normalized spacial score (nSPS) is 11.3. The van der Waals surface area contributed by atoms with E-state index in [0.29, 0.717) is 59.9 Å². The van der Waals surface area contributed by atoms with Gasteiger partial charge in [-0.15, -0.1) is 0 Å². The first-order valence-electron chi connectivity index (χ1n) is 11.4. The summed E-state index contributed by atoms with van der Waals surface area (Å²) in [6.07, 6.45) is 2.84. The Kier molecular flexibility index (Phi) is 7.98. The predicted octanol–water partition coefficient (Wildman–Crippen LogP) is 9.20. The molecule has 2 N–H and O–H groups in total. The summed E-state index contributed by atoms with van der Waals surface area (Å²) in [5, 5.41) is 7.43. The van der Waals surface area contributed by atoms with Crippen molar-refractivity contribution in [3.63, 3.8) is 0 Å². The van der Waals surface area contributed by atoms with Crippen molar-refractivity contribution in [3.8, 4) is 22.8 Å². The van der Waals surface area contributed by atoms with Crippen LogP contribution in [-0.4, -0.2) is 16.0 Å². The molecule has 3 aromatic carbocycles. The third-order valence-electron chi connectivity index (χ3n) is 5.70. The summed E-state index contributed by atoms with van der Waals surface area (Å²) in [6, 6.07) is 17.5. The molecule has 6 nitrogen and oxygen atoms in total. The van der Waals surface area contributed by atoms with Gasteiger partial charge in [-0.3, -0.25) is 10.1 Å². The molecule has 0 radical (unpaired) electrons. The zero-order chi connectivity index (χ0) is 27.7. The lowest BCUT2D eigenvalue weighted by Crippen LogP contribution is -2.33. The second kappa shape index (κ2) is 11.4. The van der Waals surface area contributed by atoms with Gasteiger partial charge < -0.3 is 14.2 Å². The molecule has 0 saturated carbocycles. The van der Waals surface area contributed by atoms with E-state index in [1.165, 1.54) is 12.2 Å². The molecule has 196 valence electrons. The van der Waals surface area contributed by atoms with Gasteiger partial charge in [-0.05, 0) is 79.3 Å². The van der Waals surface area contributed by atoms with Crippen LogP contribution in [0.3, 0.4) is 0 Å². The molecule has 39 heavy (non-hydrogen) atoms. The Bertz CT molecular complexity index is 1780. The number of aromatic nitrogens is 1. The maximum absolute atomic E-state index is 12.5. The van der Waals surface area contributed by atoms with Crippen molar-refractivity contribution in [1.82, 2.24) is 10.3 Å². The number of nitrogens with zero attached hydrogens (tertiary/aromatic N) is 1. The number of halogens is 4. The number of benzene rings is 3. The second-order valence-corrected chi connectivity index (χ2v) is 10.4. The molecule has 0 spiro atoms. The van der Waals surface area contributed by atoms with E-state index in [-0.39, 0.29) is 5.11 Å². The van der Waals surface area contributed by atoms with Crippen LogP contribution in [0.25, 0.3) is 40.0 Å². The minimum absolute atomic E-state index is 0.114. The number of amides is 1. The molecule has 11 heteroatoms. The van der Waals surface area contributed by atoms with E-state index in [9.17, 15) is 4.79 Å². The summed E-state index contributed by atoms with van der Waals surface area (Å²) in [6.45, 7) is 1.88. The number of fused-ring (bicyclic) bond motifs is 1. The molecule has 0 atom stereocenters. The fraction of sp³-hybridized carbons (Fsp3) is 0.0357. The number of hydrogen-bond donors (Lipinski definition) is 2. The van der Waals surface area contributed by atoms with Gasteiger partial charge in [0.15, 0.2) is 10.7 Å². The van der Waals surface area contributed by atoms with Crippen LogP contribution in [0.15, 0.2) is 75.6 Å².